The Labute approximate surface area is 152 Å². The van der Waals surface area contributed by atoms with Gasteiger partial charge in [0.1, 0.15) is 0 Å². The molecule has 1 amide bonds. The third-order valence-corrected chi connectivity index (χ3v) is 6.54. The number of thiazole rings is 1. The number of hydrogen-bond donors (Lipinski definition) is 1. The van der Waals surface area contributed by atoms with Crippen LogP contribution in [0.25, 0.3) is 0 Å². The van der Waals surface area contributed by atoms with E-state index in [1.807, 2.05) is 0 Å². The second kappa shape index (κ2) is 7.70. The van der Waals surface area contributed by atoms with Gasteiger partial charge in [-0.3, -0.25) is 4.79 Å². The molecule has 5 heteroatoms. The summed E-state index contributed by atoms with van der Waals surface area (Å²) < 4.78 is 0. The van der Waals surface area contributed by atoms with Crippen LogP contribution >= 0.6 is 23.1 Å². The summed E-state index contributed by atoms with van der Waals surface area (Å²) in [6, 6.07) is 6.45. The number of benzene rings is 1. The summed E-state index contributed by atoms with van der Waals surface area (Å²) in [5, 5.41) is 3.75. The van der Waals surface area contributed by atoms with Crippen molar-refractivity contribution in [2.24, 2.45) is 5.92 Å². The Balaban J connectivity index is 1.48. The van der Waals surface area contributed by atoms with Gasteiger partial charge in [-0.05, 0) is 62.3 Å². The number of rotatable bonds is 5. The summed E-state index contributed by atoms with van der Waals surface area (Å²) in [4.78, 5) is 19.3. The molecule has 1 aliphatic carbocycles. The smallest absolute Gasteiger partial charge is 0.226 e. The van der Waals surface area contributed by atoms with E-state index in [-0.39, 0.29) is 5.91 Å². The van der Waals surface area contributed by atoms with Gasteiger partial charge in [-0.15, -0.1) is 23.1 Å². The first-order valence-corrected chi connectivity index (χ1v) is 10.3. The van der Waals surface area contributed by atoms with Crippen molar-refractivity contribution in [3.63, 3.8) is 0 Å². The van der Waals surface area contributed by atoms with Crippen LogP contribution in [0, 0.1) is 19.8 Å². The van der Waals surface area contributed by atoms with E-state index in [2.05, 4.69) is 49.3 Å². The van der Waals surface area contributed by atoms with Crippen molar-refractivity contribution in [1.29, 1.82) is 0 Å². The zero-order valence-corrected chi connectivity index (χ0v) is 16.1. The maximum atomic E-state index is 12.1. The zero-order chi connectivity index (χ0) is 17.1. The Kier molecular flexibility index (Phi) is 5.61. The highest BCUT2D eigenvalue weighted by molar-refractivity contribution is 7.99. The molecule has 0 fully saturated rings. The number of aromatic nitrogens is 1. The molecular formula is C19H24N2OS2. The van der Waals surface area contributed by atoms with E-state index in [9.17, 15) is 4.79 Å². The maximum absolute atomic E-state index is 12.1. The Hall–Kier alpha value is -1.33. The molecule has 0 bridgehead atoms. The van der Waals surface area contributed by atoms with Gasteiger partial charge in [0, 0.05) is 21.9 Å². The van der Waals surface area contributed by atoms with Crippen molar-refractivity contribution in [2.75, 3.05) is 11.1 Å². The average Bonchev–Trinajstić information content (AvgIpc) is 2.92. The lowest BCUT2D eigenvalue weighted by molar-refractivity contribution is -0.115. The third kappa shape index (κ3) is 4.39. The molecule has 1 atom stereocenters. The van der Waals surface area contributed by atoms with Crippen LogP contribution in [0.5, 0.6) is 0 Å². The highest BCUT2D eigenvalue weighted by Crippen LogP contribution is 2.32. The maximum Gasteiger partial charge on any atom is 0.226 e. The molecule has 1 heterocycles. The minimum absolute atomic E-state index is 0.0606. The van der Waals surface area contributed by atoms with Gasteiger partial charge in [-0.2, -0.15) is 0 Å². The molecule has 1 N–H and O–H groups in total. The van der Waals surface area contributed by atoms with E-state index >= 15 is 0 Å². The Morgan fingerprint density at radius 2 is 2.21 bits per heavy atom. The highest BCUT2D eigenvalue weighted by atomic mass is 32.2. The van der Waals surface area contributed by atoms with Crippen LogP contribution in [-0.4, -0.2) is 16.6 Å². The van der Waals surface area contributed by atoms with Crippen molar-refractivity contribution in [3.8, 4) is 0 Å². The molecule has 24 heavy (non-hydrogen) atoms. The minimum Gasteiger partial charge on any atom is -0.302 e. The minimum atomic E-state index is 0.0606. The van der Waals surface area contributed by atoms with Crippen LogP contribution in [0.2, 0.25) is 0 Å². The van der Waals surface area contributed by atoms with Gasteiger partial charge in [0.25, 0.3) is 0 Å². The first kappa shape index (κ1) is 17.5. The fraction of sp³-hybridized carbons (Fsp3) is 0.474. The molecule has 128 valence electrons. The Morgan fingerprint density at radius 1 is 1.38 bits per heavy atom. The van der Waals surface area contributed by atoms with Crippen LogP contribution in [0.15, 0.2) is 23.1 Å². The lowest BCUT2D eigenvalue weighted by Gasteiger charge is -2.15. The van der Waals surface area contributed by atoms with E-state index in [0.29, 0.717) is 6.42 Å². The summed E-state index contributed by atoms with van der Waals surface area (Å²) in [5.74, 6) is 1.58. The fourth-order valence-electron chi connectivity index (χ4n) is 2.84. The quantitative estimate of drug-likeness (QED) is 0.763. The number of carbonyl (C=O) groups excluding carboxylic acids is 1. The molecule has 0 saturated carbocycles. The molecule has 1 aromatic heterocycles. The molecule has 1 unspecified atom stereocenters. The van der Waals surface area contributed by atoms with Gasteiger partial charge in [-0.25, -0.2) is 4.98 Å². The van der Waals surface area contributed by atoms with E-state index in [0.717, 1.165) is 29.6 Å². The number of hydrogen-bond acceptors (Lipinski definition) is 4. The predicted molar refractivity (Wildman–Crippen MR) is 103 cm³/mol. The third-order valence-electron chi connectivity index (χ3n) is 4.51. The molecule has 0 aliphatic heterocycles. The zero-order valence-electron chi connectivity index (χ0n) is 14.5. The molecule has 0 spiro atoms. The van der Waals surface area contributed by atoms with Gasteiger partial charge in [0.15, 0.2) is 5.13 Å². The SMILES string of the molecule is Cc1ccc(SCCC(=O)Nc2nc3c(s2)CC(C)CC3)cc1C. The summed E-state index contributed by atoms with van der Waals surface area (Å²) in [6.07, 6.45) is 3.87. The van der Waals surface area contributed by atoms with E-state index in [1.165, 1.54) is 33.0 Å². The van der Waals surface area contributed by atoms with Crippen molar-refractivity contribution in [1.82, 2.24) is 4.98 Å². The van der Waals surface area contributed by atoms with Gasteiger partial charge >= 0.3 is 0 Å². The van der Waals surface area contributed by atoms with Crippen LogP contribution in [0.4, 0.5) is 5.13 Å². The van der Waals surface area contributed by atoms with Crippen LogP contribution in [0.1, 0.15) is 41.5 Å². The van der Waals surface area contributed by atoms with Gasteiger partial charge in [0.2, 0.25) is 5.91 Å². The number of fused-ring (bicyclic) bond motifs is 1. The molecule has 1 aromatic carbocycles. The second-order valence-electron chi connectivity index (χ2n) is 6.63. The molecule has 1 aliphatic rings. The van der Waals surface area contributed by atoms with Gasteiger partial charge in [0.05, 0.1) is 5.69 Å². The monoisotopic (exact) mass is 360 g/mol. The van der Waals surface area contributed by atoms with Gasteiger partial charge in [-0.1, -0.05) is 13.0 Å². The topological polar surface area (TPSA) is 42.0 Å². The fourth-order valence-corrected chi connectivity index (χ4v) is 4.98. The predicted octanol–water partition coefficient (Wildman–Crippen LogP) is 5.01. The van der Waals surface area contributed by atoms with E-state index < -0.39 is 0 Å². The van der Waals surface area contributed by atoms with Crippen LogP contribution in [-0.2, 0) is 17.6 Å². The van der Waals surface area contributed by atoms with Crippen molar-refractivity contribution in [2.45, 2.75) is 51.3 Å². The number of aryl methyl sites for hydroxylation is 3. The number of nitrogens with one attached hydrogen (secondary N) is 1. The molecular weight excluding hydrogens is 336 g/mol. The number of thioether (sulfide) groups is 1. The standard InChI is InChI=1S/C19H24N2OS2/c1-12-4-7-16-17(10-12)24-19(20-16)21-18(22)8-9-23-15-6-5-13(2)14(3)11-15/h5-6,11-12H,4,7-10H2,1-3H3,(H,20,21,22). The van der Waals surface area contributed by atoms with Gasteiger partial charge < -0.3 is 5.32 Å². The largest absolute Gasteiger partial charge is 0.302 e. The highest BCUT2D eigenvalue weighted by Gasteiger charge is 2.20. The normalized spacial score (nSPS) is 16.7. The number of nitrogens with zero attached hydrogens (tertiary/aromatic N) is 1. The number of amides is 1. The molecule has 3 nitrogen and oxygen atoms in total. The summed E-state index contributed by atoms with van der Waals surface area (Å²) in [7, 11) is 0. The summed E-state index contributed by atoms with van der Waals surface area (Å²) in [5.41, 5.74) is 3.80. The van der Waals surface area contributed by atoms with Crippen LogP contribution in [0.3, 0.4) is 0 Å². The Morgan fingerprint density at radius 3 is 3.00 bits per heavy atom. The first-order chi connectivity index (χ1) is 11.5. The summed E-state index contributed by atoms with van der Waals surface area (Å²) >= 11 is 3.38. The van der Waals surface area contributed by atoms with Crippen molar-refractivity contribution in [3.05, 3.63) is 39.9 Å². The molecule has 3 rings (SSSR count). The van der Waals surface area contributed by atoms with Crippen molar-refractivity contribution < 1.29 is 4.79 Å². The lowest BCUT2D eigenvalue weighted by atomic mass is 9.93. The van der Waals surface area contributed by atoms with Crippen molar-refractivity contribution >= 4 is 34.1 Å². The second-order valence-corrected chi connectivity index (χ2v) is 8.88. The molecule has 0 saturated heterocycles. The number of anilines is 1. The van der Waals surface area contributed by atoms with E-state index in [4.69, 9.17) is 0 Å². The Bertz CT molecular complexity index is 739. The lowest BCUT2D eigenvalue weighted by Crippen LogP contribution is -2.12. The summed E-state index contributed by atoms with van der Waals surface area (Å²) in [6.45, 7) is 6.52. The van der Waals surface area contributed by atoms with E-state index in [1.54, 1.807) is 23.1 Å². The number of carbonyl (C=O) groups is 1. The molecule has 0 radical (unpaired) electrons. The van der Waals surface area contributed by atoms with Crippen LogP contribution < -0.4 is 5.32 Å². The molecule has 2 aromatic rings. The average molecular weight is 361 g/mol. The first-order valence-electron chi connectivity index (χ1n) is 8.49.